The van der Waals surface area contributed by atoms with Crippen molar-refractivity contribution in [3.8, 4) is 0 Å². The minimum atomic E-state index is -3.65. The molecule has 106 valence electrons. The second kappa shape index (κ2) is 6.65. The van der Waals surface area contributed by atoms with Crippen LogP contribution in [0.25, 0.3) is 0 Å². The van der Waals surface area contributed by atoms with Gasteiger partial charge in [-0.3, -0.25) is 4.79 Å². The molecule has 0 spiro atoms. The first-order chi connectivity index (χ1) is 8.90. The standard InChI is InChI=1S/C12H18N2O4S/c1-2-10(7-8-15)14-19(17,18)11-5-3-9(4-6-11)12(13)16/h3-6,10,14-15H,2,7-8H2,1H3,(H2,13,16). The Morgan fingerprint density at radius 1 is 1.37 bits per heavy atom. The summed E-state index contributed by atoms with van der Waals surface area (Å²) in [7, 11) is -3.65. The van der Waals surface area contributed by atoms with Crippen LogP contribution in [0.4, 0.5) is 0 Å². The molecule has 19 heavy (non-hydrogen) atoms. The molecular formula is C12H18N2O4S. The SMILES string of the molecule is CCC(CCO)NS(=O)(=O)c1ccc(C(N)=O)cc1. The Morgan fingerprint density at radius 3 is 2.37 bits per heavy atom. The van der Waals surface area contributed by atoms with Crippen molar-refractivity contribution >= 4 is 15.9 Å². The van der Waals surface area contributed by atoms with Gasteiger partial charge in [0.05, 0.1) is 4.90 Å². The Morgan fingerprint density at radius 2 is 1.95 bits per heavy atom. The summed E-state index contributed by atoms with van der Waals surface area (Å²) in [6.45, 7) is 1.75. The lowest BCUT2D eigenvalue weighted by atomic mass is 10.2. The zero-order chi connectivity index (χ0) is 14.5. The molecule has 1 amide bonds. The van der Waals surface area contributed by atoms with Gasteiger partial charge in [-0.05, 0) is 37.1 Å². The molecule has 0 aliphatic rings. The molecule has 0 bridgehead atoms. The first-order valence-corrected chi connectivity index (χ1v) is 7.42. The molecule has 0 aliphatic heterocycles. The molecule has 1 unspecified atom stereocenters. The van der Waals surface area contributed by atoms with Crippen LogP contribution in [-0.4, -0.2) is 32.1 Å². The van der Waals surface area contributed by atoms with E-state index in [1.165, 1.54) is 24.3 Å². The summed E-state index contributed by atoms with van der Waals surface area (Å²) >= 11 is 0. The van der Waals surface area contributed by atoms with Gasteiger partial charge in [-0.2, -0.15) is 0 Å². The highest BCUT2D eigenvalue weighted by molar-refractivity contribution is 7.89. The fourth-order valence-corrected chi connectivity index (χ4v) is 2.94. The van der Waals surface area contributed by atoms with Gasteiger partial charge >= 0.3 is 0 Å². The maximum Gasteiger partial charge on any atom is 0.248 e. The van der Waals surface area contributed by atoms with Crippen molar-refractivity contribution < 1.29 is 18.3 Å². The average Bonchev–Trinajstić information content (AvgIpc) is 2.38. The van der Waals surface area contributed by atoms with Gasteiger partial charge in [0, 0.05) is 18.2 Å². The number of benzene rings is 1. The van der Waals surface area contributed by atoms with Crippen LogP contribution in [0, 0.1) is 0 Å². The van der Waals surface area contributed by atoms with Gasteiger partial charge < -0.3 is 10.8 Å². The predicted octanol–water partition coefficient (Wildman–Crippen LogP) is 0.225. The minimum absolute atomic E-state index is 0.0638. The van der Waals surface area contributed by atoms with Crippen molar-refractivity contribution in [1.82, 2.24) is 4.72 Å². The molecule has 6 nitrogen and oxygen atoms in total. The number of nitrogens with one attached hydrogen (secondary N) is 1. The van der Waals surface area contributed by atoms with Crippen LogP contribution >= 0.6 is 0 Å². The second-order valence-electron chi connectivity index (χ2n) is 4.13. The Kier molecular flexibility index (Phi) is 5.46. The molecule has 0 radical (unpaired) electrons. The van der Waals surface area contributed by atoms with Crippen LogP contribution < -0.4 is 10.5 Å². The van der Waals surface area contributed by atoms with E-state index in [1.807, 2.05) is 6.92 Å². The first-order valence-electron chi connectivity index (χ1n) is 5.93. The van der Waals surface area contributed by atoms with Gasteiger partial charge in [-0.15, -0.1) is 0 Å². The van der Waals surface area contributed by atoms with E-state index >= 15 is 0 Å². The molecule has 0 fully saturated rings. The van der Waals surface area contributed by atoms with Gasteiger partial charge in [-0.25, -0.2) is 13.1 Å². The van der Waals surface area contributed by atoms with Crippen LogP contribution in [0.2, 0.25) is 0 Å². The Balaban J connectivity index is 2.90. The molecule has 0 saturated heterocycles. The van der Waals surface area contributed by atoms with E-state index in [9.17, 15) is 13.2 Å². The molecule has 1 aromatic rings. The van der Waals surface area contributed by atoms with Gasteiger partial charge in [0.25, 0.3) is 0 Å². The van der Waals surface area contributed by atoms with Gasteiger partial charge in [0.15, 0.2) is 0 Å². The Labute approximate surface area is 112 Å². The third-order valence-corrected chi connectivity index (χ3v) is 4.28. The summed E-state index contributed by atoms with van der Waals surface area (Å²) in [5.41, 5.74) is 5.33. The van der Waals surface area contributed by atoms with Crippen molar-refractivity contribution in [2.24, 2.45) is 5.73 Å². The molecule has 0 aliphatic carbocycles. The molecule has 0 aromatic heterocycles. The van der Waals surface area contributed by atoms with Crippen LogP contribution in [-0.2, 0) is 10.0 Å². The van der Waals surface area contributed by atoms with Gasteiger partial charge in [-0.1, -0.05) is 6.92 Å². The number of amides is 1. The zero-order valence-corrected chi connectivity index (χ0v) is 11.5. The first kappa shape index (κ1) is 15.6. The number of carbonyl (C=O) groups excluding carboxylic acids is 1. The van der Waals surface area contributed by atoms with Crippen molar-refractivity contribution in [3.05, 3.63) is 29.8 Å². The monoisotopic (exact) mass is 286 g/mol. The van der Waals surface area contributed by atoms with Crippen molar-refractivity contribution in [1.29, 1.82) is 0 Å². The van der Waals surface area contributed by atoms with Crippen LogP contribution in [0.1, 0.15) is 30.1 Å². The van der Waals surface area contributed by atoms with Gasteiger partial charge in [0.2, 0.25) is 15.9 Å². The number of rotatable bonds is 7. The van der Waals surface area contributed by atoms with E-state index in [0.717, 1.165) is 0 Å². The summed E-state index contributed by atoms with van der Waals surface area (Å²) in [5, 5.41) is 8.85. The molecular weight excluding hydrogens is 268 g/mol. The van der Waals surface area contributed by atoms with E-state index in [0.29, 0.717) is 12.8 Å². The lowest BCUT2D eigenvalue weighted by Gasteiger charge is -2.15. The fraction of sp³-hybridized carbons (Fsp3) is 0.417. The maximum absolute atomic E-state index is 12.0. The van der Waals surface area contributed by atoms with E-state index in [-0.39, 0.29) is 23.1 Å². The lowest BCUT2D eigenvalue weighted by Crippen LogP contribution is -2.35. The smallest absolute Gasteiger partial charge is 0.248 e. The van der Waals surface area contributed by atoms with Crippen LogP contribution in [0.3, 0.4) is 0 Å². The molecule has 1 rings (SSSR count). The van der Waals surface area contributed by atoms with E-state index in [2.05, 4.69) is 4.72 Å². The largest absolute Gasteiger partial charge is 0.396 e. The number of hydrogen-bond acceptors (Lipinski definition) is 4. The zero-order valence-electron chi connectivity index (χ0n) is 10.7. The third kappa shape index (κ3) is 4.30. The molecule has 7 heteroatoms. The minimum Gasteiger partial charge on any atom is -0.396 e. The Bertz CT molecular complexity index is 525. The number of sulfonamides is 1. The molecule has 1 atom stereocenters. The maximum atomic E-state index is 12.0. The highest BCUT2D eigenvalue weighted by Crippen LogP contribution is 2.12. The highest BCUT2D eigenvalue weighted by atomic mass is 32.2. The topological polar surface area (TPSA) is 109 Å². The van der Waals surface area contributed by atoms with Gasteiger partial charge in [0.1, 0.15) is 0 Å². The summed E-state index contributed by atoms with van der Waals surface area (Å²) in [5.74, 6) is -0.608. The lowest BCUT2D eigenvalue weighted by molar-refractivity contribution is 0.1000. The quantitative estimate of drug-likeness (QED) is 0.666. The normalized spacial score (nSPS) is 13.2. The summed E-state index contributed by atoms with van der Waals surface area (Å²) < 4.78 is 26.6. The van der Waals surface area contributed by atoms with Crippen molar-refractivity contribution in [2.45, 2.75) is 30.7 Å². The molecule has 0 heterocycles. The number of nitrogens with two attached hydrogens (primary N) is 1. The second-order valence-corrected chi connectivity index (χ2v) is 5.84. The average molecular weight is 286 g/mol. The fourth-order valence-electron chi connectivity index (χ4n) is 1.59. The molecule has 1 aromatic carbocycles. The number of hydrogen-bond donors (Lipinski definition) is 3. The number of carbonyl (C=O) groups is 1. The van der Waals surface area contributed by atoms with E-state index in [1.54, 1.807) is 0 Å². The Hall–Kier alpha value is -1.44. The summed E-state index contributed by atoms with van der Waals surface area (Å²) in [6.07, 6.45) is 0.939. The van der Waals surface area contributed by atoms with Crippen molar-refractivity contribution in [2.75, 3.05) is 6.61 Å². The summed E-state index contributed by atoms with van der Waals surface area (Å²) in [6, 6.07) is 5.07. The highest BCUT2D eigenvalue weighted by Gasteiger charge is 2.18. The number of aliphatic hydroxyl groups is 1. The number of primary amides is 1. The van der Waals surface area contributed by atoms with Crippen LogP contribution in [0.15, 0.2) is 29.2 Å². The van der Waals surface area contributed by atoms with E-state index < -0.39 is 15.9 Å². The van der Waals surface area contributed by atoms with Crippen molar-refractivity contribution in [3.63, 3.8) is 0 Å². The third-order valence-electron chi connectivity index (χ3n) is 2.74. The predicted molar refractivity (Wildman–Crippen MR) is 71.1 cm³/mol. The molecule has 4 N–H and O–H groups in total. The van der Waals surface area contributed by atoms with E-state index in [4.69, 9.17) is 10.8 Å². The molecule has 0 saturated carbocycles. The van der Waals surface area contributed by atoms with Crippen LogP contribution in [0.5, 0.6) is 0 Å². The summed E-state index contributed by atoms with van der Waals surface area (Å²) in [4.78, 5) is 11.0. The number of aliphatic hydroxyl groups excluding tert-OH is 1.